The second-order valence-corrected chi connectivity index (χ2v) is 4.59. The van der Waals surface area contributed by atoms with Crippen molar-refractivity contribution in [3.8, 4) is 0 Å². The fraction of sp³-hybridized carbons (Fsp3) is 0.533. The van der Waals surface area contributed by atoms with Gasteiger partial charge in [0.05, 0.1) is 0 Å². The van der Waals surface area contributed by atoms with Crippen LogP contribution in [0.5, 0.6) is 0 Å². The van der Waals surface area contributed by atoms with Crippen LogP contribution in [-0.4, -0.2) is 25.0 Å². The van der Waals surface area contributed by atoms with Gasteiger partial charge in [-0.3, -0.25) is 4.79 Å². The predicted molar refractivity (Wildman–Crippen MR) is 75.9 cm³/mol. The van der Waals surface area contributed by atoms with E-state index in [2.05, 4.69) is 24.5 Å². The van der Waals surface area contributed by atoms with Gasteiger partial charge in [0.1, 0.15) is 0 Å². The zero-order valence-corrected chi connectivity index (χ0v) is 11.6. The van der Waals surface area contributed by atoms with Gasteiger partial charge in [-0.15, -0.1) is 0 Å². The SMILES string of the molecule is CCC(CC)NCCNC(=O)c1ccc(C)cc1. The van der Waals surface area contributed by atoms with E-state index in [1.165, 1.54) is 5.56 Å². The third kappa shape index (κ3) is 4.88. The first-order valence-electron chi connectivity index (χ1n) is 6.75. The van der Waals surface area contributed by atoms with Gasteiger partial charge < -0.3 is 10.6 Å². The van der Waals surface area contributed by atoms with Crippen molar-refractivity contribution in [2.45, 2.75) is 39.7 Å². The summed E-state index contributed by atoms with van der Waals surface area (Å²) in [5, 5.41) is 6.34. The monoisotopic (exact) mass is 248 g/mol. The molecule has 18 heavy (non-hydrogen) atoms. The van der Waals surface area contributed by atoms with Gasteiger partial charge in [-0.2, -0.15) is 0 Å². The molecule has 0 aliphatic rings. The van der Waals surface area contributed by atoms with Crippen molar-refractivity contribution in [2.75, 3.05) is 13.1 Å². The van der Waals surface area contributed by atoms with E-state index >= 15 is 0 Å². The maximum Gasteiger partial charge on any atom is 0.251 e. The number of nitrogens with one attached hydrogen (secondary N) is 2. The average Bonchev–Trinajstić information content (AvgIpc) is 2.39. The summed E-state index contributed by atoms with van der Waals surface area (Å²) in [5.74, 6) is 0.00125. The van der Waals surface area contributed by atoms with Crippen molar-refractivity contribution >= 4 is 5.91 Å². The maximum atomic E-state index is 11.8. The third-order valence-electron chi connectivity index (χ3n) is 3.14. The second kappa shape index (κ2) is 7.88. The van der Waals surface area contributed by atoms with Gasteiger partial charge in [-0.1, -0.05) is 31.5 Å². The summed E-state index contributed by atoms with van der Waals surface area (Å²) in [6, 6.07) is 8.19. The second-order valence-electron chi connectivity index (χ2n) is 4.59. The van der Waals surface area contributed by atoms with Gasteiger partial charge in [-0.25, -0.2) is 0 Å². The van der Waals surface area contributed by atoms with Crippen molar-refractivity contribution in [2.24, 2.45) is 0 Å². The first kappa shape index (κ1) is 14.7. The Bertz CT molecular complexity index is 355. The van der Waals surface area contributed by atoms with E-state index in [9.17, 15) is 4.79 Å². The molecule has 0 saturated carbocycles. The van der Waals surface area contributed by atoms with Crippen molar-refractivity contribution < 1.29 is 4.79 Å². The van der Waals surface area contributed by atoms with Crippen LogP contribution in [-0.2, 0) is 0 Å². The summed E-state index contributed by atoms with van der Waals surface area (Å²) in [6.07, 6.45) is 2.25. The van der Waals surface area contributed by atoms with Crippen molar-refractivity contribution in [3.63, 3.8) is 0 Å². The van der Waals surface area contributed by atoms with Crippen LogP contribution in [0, 0.1) is 6.92 Å². The highest BCUT2D eigenvalue weighted by molar-refractivity contribution is 5.94. The molecule has 0 aromatic heterocycles. The molecule has 0 bridgehead atoms. The van der Waals surface area contributed by atoms with Gasteiger partial charge in [0.25, 0.3) is 5.91 Å². The topological polar surface area (TPSA) is 41.1 Å². The molecule has 0 aliphatic carbocycles. The fourth-order valence-corrected chi connectivity index (χ4v) is 1.84. The molecule has 1 amide bonds. The number of rotatable bonds is 7. The molecule has 0 aliphatic heterocycles. The van der Waals surface area contributed by atoms with E-state index < -0.39 is 0 Å². The Hall–Kier alpha value is -1.35. The molecule has 0 heterocycles. The summed E-state index contributed by atoms with van der Waals surface area (Å²) in [5.41, 5.74) is 1.89. The number of hydrogen-bond donors (Lipinski definition) is 2. The summed E-state index contributed by atoms with van der Waals surface area (Å²) in [4.78, 5) is 11.8. The van der Waals surface area contributed by atoms with E-state index in [4.69, 9.17) is 0 Å². The zero-order chi connectivity index (χ0) is 13.4. The van der Waals surface area contributed by atoms with E-state index in [0.717, 1.165) is 24.9 Å². The molecule has 100 valence electrons. The third-order valence-corrected chi connectivity index (χ3v) is 3.14. The highest BCUT2D eigenvalue weighted by Gasteiger charge is 2.05. The minimum absolute atomic E-state index is 0.00125. The Morgan fingerprint density at radius 2 is 1.72 bits per heavy atom. The Kier molecular flexibility index (Phi) is 6.44. The predicted octanol–water partition coefficient (Wildman–Crippen LogP) is 2.50. The van der Waals surface area contributed by atoms with Crippen LogP contribution in [0.15, 0.2) is 24.3 Å². The summed E-state index contributed by atoms with van der Waals surface area (Å²) < 4.78 is 0. The van der Waals surface area contributed by atoms with Crippen LogP contribution < -0.4 is 10.6 Å². The number of carbonyl (C=O) groups excluding carboxylic acids is 1. The lowest BCUT2D eigenvalue weighted by atomic mass is 10.1. The van der Waals surface area contributed by atoms with Crippen molar-refractivity contribution in [1.29, 1.82) is 0 Å². The van der Waals surface area contributed by atoms with E-state index in [1.807, 2.05) is 31.2 Å². The molecule has 2 N–H and O–H groups in total. The Balaban J connectivity index is 2.27. The van der Waals surface area contributed by atoms with E-state index in [1.54, 1.807) is 0 Å². The van der Waals surface area contributed by atoms with Crippen LogP contribution in [0.25, 0.3) is 0 Å². The summed E-state index contributed by atoms with van der Waals surface area (Å²) in [7, 11) is 0. The van der Waals surface area contributed by atoms with E-state index in [0.29, 0.717) is 12.6 Å². The lowest BCUT2D eigenvalue weighted by Crippen LogP contribution is -2.36. The number of aryl methyl sites for hydroxylation is 1. The van der Waals surface area contributed by atoms with Crippen molar-refractivity contribution in [1.82, 2.24) is 10.6 Å². The standard InChI is InChI=1S/C15H24N2O/c1-4-14(5-2)16-10-11-17-15(18)13-8-6-12(3)7-9-13/h6-9,14,16H,4-5,10-11H2,1-3H3,(H,17,18). The lowest BCUT2D eigenvalue weighted by molar-refractivity contribution is 0.0953. The Morgan fingerprint density at radius 1 is 1.11 bits per heavy atom. The number of amides is 1. The van der Waals surface area contributed by atoms with Gasteiger partial charge in [0.2, 0.25) is 0 Å². The van der Waals surface area contributed by atoms with Crippen LogP contribution >= 0.6 is 0 Å². The minimum Gasteiger partial charge on any atom is -0.351 e. The Labute approximate surface area is 110 Å². The normalized spacial score (nSPS) is 10.7. The number of carbonyl (C=O) groups is 1. The quantitative estimate of drug-likeness (QED) is 0.728. The van der Waals surface area contributed by atoms with Gasteiger partial charge in [-0.05, 0) is 31.9 Å². The molecule has 0 saturated heterocycles. The molecule has 0 atom stereocenters. The first-order chi connectivity index (χ1) is 8.67. The molecule has 0 unspecified atom stereocenters. The summed E-state index contributed by atoms with van der Waals surface area (Å²) >= 11 is 0. The van der Waals surface area contributed by atoms with Crippen LogP contribution in [0.2, 0.25) is 0 Å². The van der Waals surface area contributed by atoms with Crippen LogP contribution in [0.4, 0.5) is 0 Å². The molecule has 0 spiro atoms. The smallest absolute Gasteiger partial charge is 0.251 e. The van der Waals surface area contributed by atoms with Gasteiger partial charge >= 0.3 is 0 Å². The van der Waals surface area contributed by atoms with Crippen LogP contribution in [0.3, 0.4) is 0 Å². The molecule has 3 nitrogen and oxygen atoms in total. The first-order valence-corrected chi connectivity index (χ1v) is 6.75. The lowest BCUT2D eigenvalue weighted by Gasteiger charge is -2.14. The molecule has 1 aromatic rings. The fourth-order valence-electron chi connectivity index (χ4n) is 1.84. The molecule has 1 rings (SSSR count). The maximum absolute atomic E-state index is 11.8. The zero-order valence-electron chi connectivity index (χ0n) is 11.6. The molecule has 0 radical (unpaired) electrons. The van der Waals surface area contributed by atoms with Crippen LogP contribution in [0.1, 0.15) is 42.6 Å². The highest BCUT2D eigenvalue weighted by atomic mass is 16.1. The highest BCUT2D eigenvalue weighted by Crippen LogP contribution is 2.02. The molecular weight excluding hydrogens is 224 g/mol. The van der Waals surface area contributed by atoms with Gasteiger partial charge in [0, 0.05) is 24.7 Å². The summed E-state index contributed by atoms with van der Waals surface area (Å²) in [6.45, 7) is 7.85. The molecule has 0 fully saturated rings. The number of hydrogen-bond acceptors (Lipinski definition) is 2. The molecule has 3 heteroatoms. The average molecular weight is 248 g/mol. The van der Waals surface area contributed by atoms with Gasteiger partial charge in [0.15, 0.2) is 0 Å². The van der Waals surface area contributed by atoms with E-state index in [-0.39, 0.29) is 5.91 Å². The van der Waals surface area contributed by atoms with Crippen molar-refractivity contribution in [3.05, 3.63) is 35.4 Å². The largest absolute Gasteiger partial charge is 0.351 e. The minimum atomic E-state index is 0.00125. The number of benzene rings is 1. The molecular formula is C15H24N2O. The Morgan fingerprint density at radius 3 is 2.28 bits per heavy atom. The molecule has 1 aromatic carbocycles.